The Hall–Kier alpha value is -1.17. The third kappa shape index (κ3) is 4.43. The van der Waals surface area contributed by atoms with Gasteiger partial charge in [0.2, 0.25) is 0 Å². The van der Waals surface area contributed by atoms with Crippen molar-refractivity contribution < 1.29 is 40.9 Å². The van der Waals surface area contributed by atoms with E-state index in [2.05, 4.69) is 4.98 Å². The van der Waals surface area contributed by atoms with Crippen LogP contribution < -0.4 is 29.6 Å². The minimum Gasteiger partial charge on any atom is -1.00 e. The van der Waals surface area contributed by atoms with Crippen LogP contribution in [0.1, 0.15) is 6.30 Å². The molecule has 0 spiro atoms. The van der Waals surface area contributed by atoms with Gasteiger partial charge in [-0.15, -0.1) is 11.3 Å². The summed E-state index contributed by atoms with van der Waals surface area (Å²) < 4.78 is 0. The number of benzene rings is 2. The molecule has 0 atom stereocenters. The Morgan fingerprint density at radius 1 is 1.09 bits per heavy atom. The Morgan fingerprint density at radius 3 is 2.35 bits per heavy atom. The van der Waals surface area contributed by atoms with E-state index in [4.69, 9.17) is 16.7 Å². The number of aliphatic carboxylic acids is 1. The van der Waals surface area contributed by atoms with Gasteiger partial charge in [-0.1, -0.05) is 54.1 Å². The summed E-state index contributed by atoms with van der Waals surface area (Å²) in [5.41, 5.74) is 2.57. The predicted molar refractivity (Wildman–Crippen MR) is 90.4 cm³/mol. The summed E-state index contributed by atoms with van der Waals surface area (Å²) in [5.74, 6) is -0.863. The molecule has 0 saturated heterocycles. The van der Waals surface area contributed by atoms with Gasteiger partial charge >= 0.3 is 35.5 Å². The number of carboxylic acids is 1. The van der Waals surface area contributed by atoms with Gasteiger partial charge in [-0.3, -0.25) is 4.79 Å². The summed E-state index contributed by atoms with van der Waals surface area (Å²) in [6.45, 7) is 0. The van der Waals surface area contributed by atoms with Crippen LogP contribution in [0.15, 0.2) is 54.6 Å². The first kappa shape index (κ1) is 18.2. The summed E-state index contributed by atoms with van der Waals surface area (Å²) in [7, 11) is 0. The normalized spacial score (nSPS) is 10.1. The molecule has 3 rings (SSSR count). The molecule has 0 aliphatic heterocycles. The molecule has 3 nitrogen and oxygen atoms in total. The first-order valence-electron chi connectivity index (χ1n) is 6.66. The SMILES string of the molecule is O=C(O)Cc1sc(-c2ccccc2)nc1-c1ccc(Cl)cc1.[H-].[Na+]. The van der Waals surface area contributed by atoms with Crippen molar-refractivity contribution in [2.24, 2.45) is 0 Å². The molecule has 1 heterocycles. The third-order valence-electron chi connectivity index (χ3n) is 3.15. The largest absolute Gasteiger partial charge is 1.00 e. The van der Waals surface area contributed by atoms with Crippen LogP contribution in [0.25, 0.3) is 21.8 Å². The van der Waals surface area contributed by atoms with E-state index in [9.17, 15) is 4.79 Å². The molecule has 0 aliphatic carbocycles. The maximum atomic E-state index is 11.1. The Morgan fingerprint density at radius 2 is 1.74 bits per heavy atom. The summed E-state index contributed by atoms with van der Waals surface area (Å²) in [5, 5.41) is 10.6. The zero-order chi connectivity index (χ0) is 15.5. The molecule has 1 aromatic heterocycles. The summed E-state index contributed by atoms with van der Waals surface area (Å²) in [6, 6.07) is 17.0. The number of hydrogen-bond acceptors (Lipinski definition) is 3. The Balaban J connectivity index is 0.00000144. The molecular formula is C17H13ClNNaO2S. The standard InChI is InChI=1S/C17H12ClNO2S.Na.H/c18-13-8-6-11(7-9-13)16-14(10-15(20)21)22-17(19-16)12-4-2-1-3-5-12;;/h1-9H,10H2,(H,20,21);;/q;+1;-1. The molecule has 0 radical (unpaired) electrons. The minimum absolute atomic E-state index is 0. The van der Waals surface area contributed by atoms with Crippen molar-refractivity contribution in [3.05, 3.63) is 64.5 Å². The van der Waals surface area contributed by atoms with E-state index in [1.54, 1.807) is 12.1 Å². The molecule has 0 saturated carbocycles. The number of carbonyl (C=O) groups is 1. The molecule has 0 fully saturated rings. The van der Waals surface area contributed by atoms with E-state index in [0.717, 1.165) is 21.0 Å². The molecule has 0 aliphatic rings. The fourth-order valence-electron chi connectivity index (χ4n) is 2.15. The Labute approximate surface area is 166 Å². The Bertz CT molecular complexity index is 809. The predicted octanol–water partition coefficient (Wildman–Crippen LogP) is 1.87. The Kier molecular flexibility index (Phi) is 6.39. The van der Waals surface area contributed by atoms with E-state index in [1.807, 2.05) is 42.5 Å². The molecule has 2 aromatic carbocycles. The second-order valence-electron chi connectivity index (χ2n) is 4.73. The monoisotopic (exact) mass is 353 g/mol. The van der Waals surface area contributed by atoms with Crippen molar-refractivity contribution in [3.8, 4) is 21.8 Å². The number of hydrogen-bond donors (Lipinski definition) is 1. The maximum Gasteiger partial charge on any atom is 1.00 e. The van der Waals surface area contributed by atoms with Gasteiger partial charge in [0.1, 0.15) is 5.01 Å². The minimum atomic E-state index is -0.863. The molecule has 0 unspecified atom stereocenters. The molecule has 0 bridgehead atoms. The van der Waals surface area contributed by atoms with Gasteiger partial charge in [-0.05, 0) is 12.1 Å². The van der Waals surface area contributed by atoms with Gasteiger partial charge < -0.3 is 6.53 Å². The van der Waals surface area contributed by atoms with E-state index in [1.165, 1.54) is 11.3 Å². The summed E-state index contributed by atoms with van der Waals surface area (Å²) in [4.78, 5) is 16.5. The van der Waals surface area contributed by atoms with Crippen LogP contribution in [0, 0.1) is 0 Å². The first-order valence-corrected chi connectivity index (χ1v) is 7.86. The maximum absolute atomic E-state index is 11.1. The van der Waals surface area contributed by atoms with Crippen LogP contribution in [0.2, 0.25) is 5.02 Å². The van der Waals surface area contributed by atoms with Gasteiger partial charge in [-0.25, -0.2) is 4.98 Å². The molecule has 6 heteroatoms. The number of thiazole rings is 1. The molecule has 0 amide bonds. The molecule has 1 N–H and O–H groups in total. The quantitative estimate of drug-likeness (QED) is 0.729. The smallest absolute Gasteiger partial charge is 1.00 e. The van der Waals surface area contributed by atoms with Crippen LogP contribution in [-0.2, 0) is 11.2 Å². The average molecular weight is 354 g/mol. The van der Waals surface area contributed by atoms with Crippen LogP contribution in [0.4, 0.5) is 0 Å². The van der Waals surface area contributed by atoms with Gasteiger partial charge in [0.05, 0.1) is 12.1 Å². The van der Waals surface area contributed by atoms with Crippen LogP contribution in [-0.4, -0.2) is 16.1 Å². The van der Waals surface area contributed by atoms with Gasteiger partial charge in [0, 0.05) is 21.0 Å². The zero-order valence-electron chi connectivity index (χ0n) is 13.5. The first-order chi connectivity index (χ1) is 10.6. The molecule has 3 aromatic rings. The van der Waals surface area contributed by atoms with Gasteiger partial charge in [0.25, 0.3) is 0 Å². The second kappa shape index (κ2) is 8.08. The van der Waals surface area contributed by atoms with Gasteiger partial charge in [0.15, 0.2) is 0 Å². The van der Waals surface area contributed by atoms with Crippen LogP contribution >= 0.6 is 22.9 Å². The van der Waals surface area contributed by atoms with E-state index in [0.29, 0.717) is 10.7 Å². The summed E-state index contributed by atoms with van der Waals surface area (Å²) >= 11 is 7.33. The fraction of sp³-hybridized carbons (Fsp3) is 0.0588. The number of carboxylic acid groups (broad SMARTS) is 1. The van der Waals surface area contributed by atoms with Crippen molar-refractivity contribution in [3.63, 3.8) is 0 Å². The topological polar surface area (TPSA) is 50.2 Å². The fourth-order valence-corrected chi connectivity index (χ4v) is 3.35. The number of nitrogens with zero attached hydrogens (tertiary/aromatic N) is 1. The zero-order valence-corrected chi connectivity index (χ0v) is 16.1. The average Bonchev–Trinajstić information content (AvgIpc) is 2.92. The van der Waals surface area contributed by atoms with Crippen molar-refractivity contribution in [2.75, 3.05) is 0 Å². The van der Waals surface area contributed by atoms with Gasteiger partial charge in [-0.2, -0.15) is 0 Å². The van der Waals surface area contributed by atoms with Crippen molar-refractivity contribution in [1.82, 2.24) is 4.98 Å². The number of aromatic nitrogens is 1. The van der Waals surface area contributed by atoms with Crippen molar-refractivity contribution in [2.45, 2.75) is 6.42 Å². The second-order valence-corrected chi connectivity index (χ2v) is 6.25. The molecular weight excluding hydrogens is 341 g/mol. The number of halogens is 1. The van der Waals surface area contributed by atoms with Crippen LogP contribution in [0.3, 0.4) is 0 Å². The van der Waals surface area contributed by atoms with Crippen LogP contribution in [0.5, 0.6) is 0 Å². The van der Waals surface area contributed by atoms with E-state index in [-0.39, 0.29) is 37.4 Å². The van der Waals surface area contributed by atoms with E-state index >= 15 is 0 Å². The number of rotatable bonds is 4. The third-order valence-corrected chi connectivity index (χ3v) is 4.50. The van der Waals surface area contributed by atoms with Crippen molar-refractivity contribution >= 4 is 28.9 Å². The van der Waals surface area contributed by atoms with Crippen molar-refractivity contribution in [1.29, 1.82) is 0 Å². The molecule has 23 heavy (non-hydrogen) atoms. The van der Waals surface area contributed by atoms with E-state index < -0.39 is 5.97 Å². The molecule has 112 valence electrons. The summed E-state index contributed by atoms with van der Waals surface area (Å²) in [6.07, 6.45) is -0.0392.